The van der Waals surface area contributed by atoms with Crippen LogP contribution in [0.15, 0.2) is 18.2 Å². The fourth-order valence-corrected chi connectivity index (χ4v) is 2.04. The number of nitrogens with one attached hydrogen (secondary N) is 1. The van der Waals surface area contributed by atoms with E-state index in [9.17, 15) is 0 Å². The van der Waals surface area contributed by atoms with E-state index in [0.29, 0.717) is 6.04 Å². The fourth-order valence-electron chi connectivity index (χ4n) is 2.04. The Labute approximate surface area is 118 Å². The Bertz CT molecular complexity index is 393. The molecule has 19 heavy (non-hydrogen) atoms. The highest BCUT2D eigenvalue weighted by Crippen LogP contribution is 2.13. The lowest BCUT2D eigenvalue weighted by Crippen LogP contribution is -2.38. The van der Waals surface area contributed by atoms with E-state index < -0.39 is 0 Å². The van der Waals surface area contributed by atoms with Gasteiger partial charge >= 0.3 is 0 Å². The van der Waals surface area contributed by atoms with E-state index in [1.54, 1.807) is 0 Å². The summed E-state index contributed by atoms with van der Waals surface area (Å²) in [5.74, 6) is 0. The van der Waals surface area contributed by atoms with E-state index in [1.807, 2.05) is 0 Å². The summed E-state index contributed by atoms with van der Waals surface area (Å²) in [4.78, 5) is 0. The van der Waals surface area contributed by atoms with E-state index in [0.717, 1.165) is 19.6 Å². The number of ether oxygens (including phenoxy) is 1. The van der Waals surface area contributed by atoms with E-state index in [4.69, 9.17) is 4.74 Å². The molecule has 0 bridgehead atoms. The maximum Gasteiger partial charge on any atom is 0.0629 e. The summed E-state index contributed by atoms with van der Waals surface area (Å²) in [6.45, 7) is 14.5. The van der Waals surface area contributed by atoms with Crippen molar-refractivity contribution in [2.75, 3.05) is 13.2 Å². The summed E-state index contributed by atoms with van der Waals surface area (Å²) in [6, 6.07) is 7.10. The van der Waals surface area contributed by atoms with Crippen molar-refractivity contribution in [1.29, 1.82) is 0 Å². The van der Waals surface area contributed by atoms with E-state index in [2.05, 4.69) is 65.1 Å². The van der Waals surface area contributed by atoms with Gasteiger partial charge in [-0.25, -0.2) is 0 Å². The van der Waals surface area contributed by atoms with Crippen molar-refractivity contribution >= 4 is 0 Å². The lowest BCUT2D eigenvalue weighted by Gasteiger charge is -2.25. The van der Waals surface area contributed by atoms with Gasteiger partial charge in [0.05, 0.1) is 12.2 Å². The van der Waals surface area contributed by atoms with Crippen molar-refractivity contribution in [3.63, 3.8) is 0 Å². The SMILES string of the molecule is CCNC(COC(C)(C)C)Cc1ccc(C)c(C)c1. The number of rotatable bonds is 6. The maximum atomic E-state index is 5.91. The van der Waals surface area contributed by atoms with Crippen molar-refractivity contribution in [2.45, 2.75) is 59.6 Å². The molecular formula is C17H29NO. The molecule has 0 amide bonds. The summed E-state index contributed by atoms with van der Waals surface area (Å²) >= 11 is 0. The van der Waals surface area contributed by atoms with Gasteiger partial charge in [-0.15, -0.1) is 0 Å². The second-order valence-corrected chi connectivity index (χ2v) is 6.30. The maximum absolute atomic E-state index is 5.91. The van der Waals surface area contributed by atoms with Crippen molar-refractivity contribution in [3.05, 3.63) is 34.9 Å². The molecule has 0 fully saturated rings. The average molecular weight is 263 g/mol. The number of hydrogen-bond acceptors (Lipinski definition) is 2. The van der Waals surface area contributed by atoms with E-state index >= 15 is 0 Å². The Hall–Kier alpha value is -0.860. The zero-order valence-electron chi connectivity index (χ0n) is 13.3. The summed E-state index contributed by atoms with van der Waals surface area (Å²) in [5.41, 5.74) is 4.03. The van der Waals surface area contributed by atoms with Crippen molar-refractivity contribution in [1.82, 2.24) is 5.32 Å². The fraction of sp³-hybridized carbons (Fsp3) is 0.647. The van der Waals surface area contributed by atoms with Crippen LogP contribution < -0.4 is 5.32 Å². The first-order valence-electron chi connectivity index (χ1n) is 7.25. The van der Waals surface area contributed by atoms with E-state index in [1.165, 1.54) is 16.7 Å². The minimum absolute atomic E-state index is 0.0726. The molecule has 0 spiro atoms. The van der Waals surface area contributed by atoms with Crippen LogP contribution in [0, 0.1) is 13.8 Å². The Morgan fingerprint density at radius 3 is 2.37 bits per heavy atom. The molecule has 1 unspecified atom stereocenters. The smallest absolute Gasteiger partial charge is 0.0629 e. The topological polar surface area (TPSA) is 21.3 Å². The molecule has 1 atom stereocenters. The van der Waals surface area contributed by atoms with Gasteiger partial charge in [0, 0.05) is 6.04 Å². The molecule has 0 radical (unpaired) electrons. The van der Waals surface area contributed by atoms with Crippen LogP contribution in [-0.4, -0.2) is 24.8 Å². The van der Waals surface area contributed by atoms with Crippen LogP contribution in [0.2, 0.25) is 0 Å². The third kappa shape index (κ3) is 6.22. The zero-order valence-corrected chi connectivity index (χ0v) is 13.3. The molecule has 108 valence electrons. The highest BCUT2D eigenvalue weighted by molar-refractivity contribution is 5.30. The van der Waals surface area contributed by atoms with Gasteiger partial charge < -0.3 is 10.1 Å². The number of benzene rings is 1. The zero-order chi connectivity index (χ0) is 14.5. The molecule has 2 heteroatoms. The molecule has 0 aliphatic heterocycles. The first-order valence-corrected chi connectivity index (χ1v) is 7.25. The quantitative estimate of drug-likeness (QED) is 0.846. The summed E-state index contributed by atoms with van der Waals surface area (Å²) < 4.78 is 5.91. The Balaban J connectivity index is 2.64. The first kappa shape index (κ1) is 16.2. The molecule has 0 aliphatic rings. The van der Waals surface area contributed by atoms with Crippen LogP contribution in [0.3, 0.4) is 0 Å². The molecule has 1 aromatic carbocycles. The van der Waals surface area contributed by atoms with Crippen LogP contribution in [0.25, 0.3) is 0 Å². The Kier molecular flexibility index (Phi) is 6.02. The number of hydrogen-bond donors (Lipinski definition) is 1. The number of likely N-dealkylation sites (N-methyl/N-ethyl adjacent to an activating group) is 1. The Morgan fingerprint density at radius 2 is 1.84 bits per heavy atom. The third-order valence-electron chi connectivity index (χ3n) is 3.26. The first-order chi connectivity index (χ1) is 8.81. The summed E-state index contributed by atoms with van der Waals surface area (Å²) in [6.07, 6.45) is 1.02. The molecule has 0 aliphatic carbocycles. The normalized spacial score (nSPS) is 13.6. The van der Waals surface area contributed by atoms with Crippen LogP contribution in [0.1, 0.15) is 44.4 Å². The molecule has 0 saturated heterocycles. The molecule has 1 N–H and O–H groups in total. The highest BCUT2D eigenvalue weighted by Gasteiger charge is 2.15. The lowest BCUT2D eigenvalue weighted by atomic mass is 10.0. The molecule has 0 saturated carbocycles. The van der Waals surface area contributed by atoms with Gasteiger partial charge in [-0.1, -0.05) is 25.1 Å². The van der Waals surface area contributed by atoms with Crippen molar-refractivity contribution in [2.24, 2.45) is 0 Å². The molecule has 1 rings (SSSR count). The molecule has 2 nitrogen and oxygen atoms in total. The average Bonchev–Trinajstić information content (AvgIpc) is 2.30. The standard InChI is InChI=1S/C17H29NO/c1-7-18-16(12-19-17(4,5)6)11-15-9-8-13(2)14(3)10-15/h8-10,16,18H,7,11-12H2,1-6H3. The monoisotopic (exact) mass is 263 g/mol. The minimum atomic E-state index is -0.0726. The van der Waals surface area contributed by atoms with E-state index in [-0.39, 0.29) is 5.60 Å². The number of aryl methyl sites for hydroxylation is 2. The molecule has 0 aromatic heterocycles. The predicted octanol–water partition coefficient (Wildman–Crippen LogP) is 3.64. The largest absolute Gasteiger partial charge is 0.374 e. The van der Waals surface area contributed by atoms with Gasteiger partial charge in [-0.2, -0.15) is 0 Å². The third-order valence-corrected chi connectivity index (χ3v) is 3.26. The van der Waals surface area contributed by atoms with Gasteiger partial charge in [0.1, 0.15) is 0 Å². The summed E-state index contributed by atoms with van der Waals surface area (Å²) in [7, 11) is 0. The second kappa shape index (κ2) is 7.06. The lowest BCUT2D eigenvalue weighted by molar-refractivity contribution is -0.0141. The van der Waals surface area contributed by atoms with Crippen molar-refractivity contribution < 1.29 is 4.74 Å². The van der Waals surface area contributed by atoms with Gasteiger partial charge in [0.2, 0.25) is 0 Å². The van der Waals surface area contributed by atoms with Crippen LogP contribution in [0.5, 0.6) is 0 Å². The van der Waals surface area contributed by atoms with Gasteiger partial charge in [0.15, 0.2) is 0 Å². The van der Waals surface area contributed by atoms with Crippen LogP contribution in [0.4, 0.5) is 0 Å². The minimum Gasteiger partial charge on any atom is -0.374 e. The highest BCUT2D eigenvalue weighted by atomic mass is 16.5. The van der Waals surface area contributed by atoms with Crippen LogP contribution >= 0.6 is 0 Å². The van der Waals surface area contributed by atoms with Gasteiger partial charge in [-0.05, 0) is 64.3 Å². The van der Waals surface area contributed by atoms with Crippen molar-refractivity contribution in [3.8, 4) is 0 Å². The van der Waals surface area contributed by atoms with Gasteiger partial charge in [0.25, 0.3) is 0 Å². The predicted molar refractivity (Wildman–Crippen MR) is 82.8 cm³/mol. The summed E-state index contributed by atoms with van der Waals surface area (Å²) in [5, 5.41) is 3.51. The second-order valence-electron chi connectivity index (χ2n) is 6.30. The Morgan fingerprint density at radius 1 is 1.16 bits per heavy atom. The molecule has 0 heterocycles. The molecular weight excluding hydrogens is 234 g/mol. The van der Waals surface area contributed by atoms with Gasteiger partial charge in [-0.3, -0.25) is 0 Å². The molecule has 1 aromatic rings. The van der Waals surface area contributed by atoms with Crippen LogP contribution in [-0.2, 0) is 11.2 Å².